The molecule has 2 aromatic carbocycles. The first kappa shape index (κ1) is 13.3. The smallest absolute Gasteiger partial charge is 0.216 e. The number of hydrogen-bond acceptors (Lipinski definition) is 1. The Morgan fingerprint density at radius 2 is 2.00 bits per heavy atom. The lowest BCUT2D eigenvalue weighted by Gasteiger charge is -2.06. The van der Waals surface area contributed by atoms with Gasteiger partial charge in [0, 0.05) is 13.5 Å². The van der Waals surface area contributed by atoms with E-state index in [0.717, 1.165) is 6.42 Å². The van der Waals surface area contributed by atoms with Crippen LogP contribution < -0.4 is 5.32 Å². The predicted octanol–water partition coefficient (Wildman–Crippen LogP) is 3.69. The lowest BCUT2D eigenvalue weighted by molar-refractivity contribution is -0.118. The number of aryl methyl sites for hydroxylation is 1. The van der Waals surface area contributed by atoms with Gasteiger partial charge in [0.25, 0.3) is 0 Å². The molecular formula is C17H19NO. The quantitative estimate of drug-likeness (QED) is 0.827. The van der Waals surface area contributed by atoms with Gasteiger partial charge in [0.05, 0.1) is 0 Å². The molecule has 1 amide bonds. The van der Waals surface area contributed by atoms with Crippen LogP contribution in [-0.4, -0.2) is 12.5 Å². The normalized spacial score (nSPS) is 11.1. The van der Waals surface area contributed by atoms with Gasteiger partial charge >= 0.3 is 0 Å². The Labute approximate surface area is 114 Å². The van der Waals surface area contributed by atoms with Gasteiger partial charge in [-0.15, -0.1) is 0 Å². The van der Waals surface area contributed by atoms with Crippen LogP contribution in [0, 0.1) is 6.92 Å². The second-order valence-electron chi connectivity index (χ2n) is 4.69. The molecule has 98 valence electrons. The molecule has 0 fully saturated rings. The van der Waals surface area contributed by atoms with E-state index in [-0.39, 0.29) is 5.91 Å². The first-order valence-corrected chi connectivity index (χ1v) is 6.58. The topological polar surface area (TPSA) is 29.1 Å². The van der Waals surface area contributed by atoms with E-state index < -0.39 is 0 Å². The summed E-state index contributed by atoms with van der Waals surface area (Å²) in [6.45, 7) is 4.36. The van der Waals surface area contributed by atoms with E-state index in [0.29, 0.717) is 6.54 Å². The summed E-state index contributed by atoms with van der Waals surface area (Å²) in [7, 11) is 0. The van der Waals surface area contributed by atoms with Crippen LogP contribution in [0.1, 0.15) is 24.5 Å². The van der Waals surface area contributed by atoms with Crippen LogP contribution in [0.15, 0.2) is 42.5 Å². The average molecular weight is 253 g/mol. The highest BCUT2D eigenvalue weighted by molar-refractivity contribution is 5.91. The molecule has 2 rings (SSSR count). The van der Waals surface area contributed by atoms with Crippen molar-refractivity contribution in [3.8, 4) is 0 Å². The Morgan fingerprint density at radius 1 is 1.21 bits per heavy atom. The Bertz CT molecular complexity index is 614. The van der Waals surface area contributed by atoms with E-state index in [1.165, 1.54) is 21.9 Å². The number of benzene rings is 2. The van der Waals surface area contributed by atoms with Crippen molar-refractivity contribution < 1.29 is 4.79 Å². The monoisotopic (exact) mass is 253 g/mol. The number of nitrogens with one attached hydrogen (secondary N) is 1. The molecule has 19 heavy (non-hydrogen) atoms. The van der Waals surface area contributed by atoms with Gasteiger partial charge in [-0.05, 0) is 35.2 Å². The SMILES string of the molecule is CC(=O)NCCC=Cc1c(C)ccc2ccccc12. The summed E-state index contributed by atoms with van der Waals surface area (Å²) >= 11 is 0. The van der Waals surface area contributed by atoms with E-state index in [2.05, 4.69) is 60.8 Å². The highest BCUT2D eigenvalue weighted by atomic mass is 16.1. The van der Waals surface area contributed by atoms with Gasteiger partial charge in [0.1, 0.15) is 0 Å². The van der Waals surface area contributed by atoms with E-state index in [1.54, 1.807) is 6.92 Å². The van der Waals surface area contributed by atoms with Gasteiger partial charge in [0.2, 0.25) is 5.91 Å². The van der Waals surface area contributed by atoms with E-state index in [9.17, 15) is 4.79 Å². The first-order valence-electron chi connectivity index (χ1n) is 6.58. The van der Waals surface area contributed by atoms with Crippen LogP contribution in [0.3, 0.4) is 0 Å². The van der Waals surface area contributed by atoms with Crippen molar-refractivity contribution in [2.75, 3.05) is 6.54 Å². The number of hydrogen-bond donors (Lipinski definition) is 1. The summed E-state index contributed by atoms with van der Waals surface area (Å²) < 4.78 is 0. The molecule has 1 N–H and O–H groups in total. The lowest BCUT2D eigenvalue weighted by Crippen LogP contribution is -2.20. The fourth-order valence-electron chi connectivity index (χ4n) is 2.16. The van der Waals surface area contributed by atoms with Crippen molar-refractivity contribution in [3.05, 3.63) is 53.6 Å². The standard InChI is InChI=1S/C17H19NO/c1-13-10-11-15-7-3-4-9-17(15)16(13)8-5-6-12-18-14(2)19/h3-5,7-11H,6,12H2,1-2H3,(H,18,19). The summed E-state index contributed by atoms with van der Waals surface area (Å²) in [5.74, 6) is 0.0229. The summed E-state index contributed by atoms with van der Waals surface area (Å²) in [6, 6.07) is 12.7. The van der Waals surface area contributed by atoms with Crippen molar-refractivity contribution in [2.24, 2.45) is 0 Å². The maximum absolute atomic E-state index is 10.8. The second-order valence-corrected chi connectivity index (χ2v) is 4.69. The third kappa shape index (κ3) is 3.44. The zero-order chi connectivity index (χ0) is 13.7. The third-order valence-electron chi connectivity index (χ3n) is 3.16. The van der Waals surface area contributed by atoms with Crippen molar-refractivity contribution in [3.63, 3.8) is 0 Å². The largest absolute Gasteiger partial charge is 0.356 e. The molecule has 0 aliphatic carbocycles. The fourth-order valence-corrected chi connectivity index (χ4v) is 2.16. The number of fused-ring (bicyclic) bond motifs is 1. The number of rotatable bonds is 4. The van der Waals surface area contributed by atoms with Crippen molar-refractivity contribution >= 4 is 22.8 Å². The average Bonchev–Trinajstić information content (AvgIpc) is 2.40. The van der Waals surface area contributed by atoms with E-state index in [1.807, 2.05) is 0 Å². The zero-order valence-corrected chi connectivity index (χ0v) is 11.4. The molecule has 0 aromatic heterocycles. The molecule has 2 heteroatoms. The molecule has 2 aromatic rings. The molecule has 0 heterocycles. The van der Waals surface area contributed by atoms with Gasteiger partial charge in [-0.2, -0.15) is 0 Å². The fraction of sp³-hybridized carbons (Fsp3) is 0.235. The highest BCUT2D eigenvalue weighted by Gasteiger charge is 2.00. The summed E-state index contributed by atoms with van der Waals surface area (Å²) in [4.78, 5) is 10.8. The first-order chi connectivity index (χ1) is 9.18. The molecule has 0 saturated carbocycles. The van der Waals surface area contributed by atoms with Gasteiger partial charge < -0.3 is 5.32 Å². The van der Waals surface area contributed by atoms with Crippen LogP contribution in [0.25, 0.3) is 16.8 Å². The molecular weight excluding hydrogens is 234 g/mol. The van der Waals surface area contributed by atoms with Crippen LogP contribution >= 0.6 is 0 Å². The van der Waals surface area contributed by atoms with Crippen molar-refractivity contribution in [1.82, 2.24) is 5.32 Å². The molecule has 2 nitrogen and oxygen atoms in total. The van der Waals surface area contributed by atoms with Crippen LogP contribution in [0.5, 0.6) is 0 Å². The Balaban J connectivity index is 2.17. The molecule has 0 radical (unpaired) electrons. The number of carbonyl (C=O) groups excluding carboxylic acids is 1. The van der Waals surface area contributed by atoms with Gasteiger partial charge in [-0.25, -0.2) is 0 Å². The van der Waals surface area contributed by atoms with Gasteiger partial charge in [-0.1, -0.05) is 48.6 Å². The number of amides is 1. The van der Waals surface area contributed by atoms with E-state index >= 15 is 0 Å². The minimum absolute atomic E-state index is 0.0229. The molecule has 0 spiro atoms. The molecule has 0 unspecified atom stereocenters. The molecule has 0 atom stereocenters. The second kappa shape index (κ2) is 6.19. The van der Waals surface area contributed by atoms with Crippen LogP contribution in [0.4, 0.5) is 0 Å². The molecule has 0 saturated heterocycles. The number of carbonyl (C=O) groups is 1. The maximum Gasteiger partial charge on any atom is 0.216 e. The molecule has 0 bridgehead atoms. The van der Waals surface area contributed by atoms with Crippen LogP contribution in [-0.2, 0) is 4.79 Å². The Morgan fingerprint density at radius 3 is 2.79 bits per heavy atom. The predicted molar refractivity (Wildman–Crippen MR) is 81.0 cm³/mol. The highest BCUT2D eigenvalue weighted by Crippen LogP contribution is 2.23. The summed E-state index contributed by atoms with van der Waals surface area (Å²) in [5.41, 5.74) is 2.54. The van der Waals surface area contributed by atoms with Gasteiger partial charge in [-0.3, -0.25) is 4.79 Å². The Kier molecular flexibility index (Phi) is 4.35. The van der Waals surface area contributed by atoms with Crippen LogP contribution in [0.2, 0.25) is 0 Å². The van der Waals surface area contributed by atoms with Gasteiger partial charge in [0.15, 0.2) is 0 Å². The summed E-state index contributed by atoms with van der Waals surface area (Å²) in [6.07, 6.45) is 5.12. The van der Waals surface area contributed by atoms with E-state index in [4.69, 9.17) is 0 Å². The zero-order valence-electron chi connectivity index (χ0n) is 11.4. The summed E-state index contributed by atoms with van der Waals surface area (Å²) in [5, 5.41) is 5.33. The van der Waals surface area contributed by atoms with Crippen molar-refractivity contribution in [2.45, 2.75) is 20.3 Å². The lowest BCUT2D eigenvalue weighted by atomic mass is 9.99. The molecule has 0 aliphatic rings. The van der Waals surface area contributed by atoms with Crippen molar-refractivity contribution in [1.29, 1.82) is 0 Å². The minimum Gasteiger partial charge on any atom is -0.356 e. The minimum atomic E-state index is 0.0229. The Hall–Kier alpha value is -2.09. The maximum atomic E-state index is 10.8. The molecule has 0 aliphatic heterocycles. The third-order valence-corrected chi connectivity index (χ3v) is 3.16.